The van der Waals surface area contributed by atoms with Gasteiger partial charge in [0.2, 0.25) is 5.91 Å². The van der Waals surface area contributed by atoms with E-state index in [4.69, 9.17) is 17.3 Å². The maximum absolute atomic E-state index is 11.8. The number of carbonyl (C=O) groups is 1. The molecule has 2 rings (SSSR count). The number of amides is 1. The summed E-state index contributed by atoms with van der Waals surface area (Å²) in [6.45, 7) is 2.67. The minimum absolute atomic E-state index is 0.114. The normalized spacial score (nSPS) is 20.5. The zero-order valence-corrected chi connectivity index (χ0v) is 10.00. The van der Waals surface area contributed by atoms with Crippen molar-refractivity contribution in [2.45, 2.75) is 13.3 Å². The molecule has 1 atom stereocenters. The first-order valence-corrected chi connectivity index (χ1v) is 5.87. The van der Waals surface area contributed by atoms with E-state index in [1.54, 1.807) is 4.90 Å². The molecule has 1 fully saturated rings. The number of halogens is 1. The number of nitrogens with zero attached hydrogens (tertiary/aromatic N) is 1. The van der Waals surface area contributed by atoms with Gasteiger partial charge in [-0.25, -0.2) is 0 Å². The van der Waals surface area contributed by atoms with Gasteiger partial charge in [0.1, 0.15) is 0 Å². The van der Waals surface area contributed by atoms with Crippen molar-refractivity contribution in [2.75, 3.05) is 23.1 Å². The number of anilines is 2. The molecule has 1 aromatic rings. The van der Waals surface area contributed by atoms with Gasteiger partial charge in [0.25, 0.3) is 0 Å². The molecule has 1 unspecified atom stereocenters. The second kappa shape index (κ2) is 4.34. The van der Waals surface area contributed by atoms with Crippen LogP contribution in [0.3, 0.4) is 0 Å². The first-order valence-electron chi connectivity index (χ1n) is 5.34. The summed E-state index contributed by atoms with van der Waals surface area (Å²) >= 11 is 5.79. The minimum Gasteiger partial charge on any atom is -0.397 e. The lowest BCUT2D eigenvalue weighted by Gasteiger charge is -2.19. The van der Waals surface area contributed by atoms with Crippen molar-refractivity contribution in [1.82, 2.24) is 0 Å². The molecule has 1 amide bonds. The molecule has 1 saturated heterocycles. The smallest absolute Gasteiger partial charge is 0.227 e. The van der Waals surface area contributed by atoms with Gasteiger partial charge in [0, 0.05) is 18.8 Å². The molecule has 1 heterocycles. The number of hydrogen-bond donors (Lipinski definition) is 1. The highest BCUT2D eigenvalue weighted by molar-refractivity contribution is 6.18. The van der Waals surface area contributed by atoms with Crippen LogP contribution < -0.4 is 10.6 Å². The Morgan fingerprint density at radius 3 is 2.94 bits per heavy atom. The molecule has 1 aliphatic heterocycles. The quantitative estimate of drug-likeness (QED) is 0.634. The Labute approximate surface area is 100 Å². The SMILES string of the molecule is Cc1ccc(N)c(N2CC(CCl)CC2=O)c1. The van der Waals surface area contributed by atoms with Crippen molar-refractivity contribution in [3.05, 3.63) is 23.8 Å². The van der Waals surface area contributed by atoms with E-state index in [2.05, 4.69) is 0 Å². The molecule has 2 N–H and O–H groups in total. The van der Waals surface area contributed by atoms with Gasteiger partial charge in [-0.1, -0.05) is 6.07 Å². The molecule has 0 saturated carbocycles. The van der Waals surface area contributed by atoms with E-state index < -0.39 is 0 Å². The largest absolute Gasteiger partial charge is 0.397 e. The summed E-state index contributed by atoms with van der Waals surface area (Å²) in [6.07, 6.45) is 0.525. The fraction of sp³-hybridized carbons (Fsp3) is 0.417. The van der Waals surface area contributed by atoms with Crippen LogP contribution in [0.4, 0.5) is 11.4 Å². The predicted octanol–water partition coefficient (Wildman–Crippen LogP) is 2.17. The average molecular weight is 239 g/mol. The van der Waals surface area contributed by atoms with Crippen LogP contribution in [0.25, 0.3) is 0 Å². The average Bonchev–Trinajstić information content (AvgIpc) is 2.63. The van der Waals surface area contributed by atoms with E-state index in [-0.39, 0.29) is 11.8 Å². The summed E-state index contributed by atoms with van der Waals surface area (Å²) in [7, 11) is 0. The number of alkyl halides is 1. The first-order chi connectivity index (χ1) is 7.61. The Hall–Kier alpha value is -1.22. The summed E-state index contributed by atoms with van der Waals surface area (Å²) < 4.78 is 0. The molecule has 0 aliphatic carbocycles. The lowest BCUT2D eigenvalue weighted by atomic mass is 10.1. The maximum Gasteiger partial charge on any atom is 0.227 e. The molecule has 1 aromatic carbocycles. The molecule has 1 aliphatic rings. The molecular formula is C12H15ClN2O. The Kier molecular flexibility index (Phi) is 3.06. The van der Waals surface area contributed by atoms with Crippen LogP contribution in [-0.4, -0.2) is 18.3 Å². The van der Waals surface area contributed by atoms with E-state index in [0.717, 1.165) is 11.3 Å². The fourth-order valence-corrected chi connectivity index (χ4v) is 2.21. The molecule has 0 spiro atoms. The Bertz CT molecular complexity index is 419. The summed E-state index contributed by atoms with van der Waals surface area (Å²) in [6, 6.07) is 5.73. The highest BCUT2D eigenvalue weighted by Crippen LogP contribution is 2.30. The van der Waals surface area contributed by atoms with Crippen LogP contribution >= 0.6 is 11.6 Å². The van der Waals surface area contributed by atoms with Crippen molar-refractivity contribution in [3.8, 4) is 0 Å². The summed E-state index contributed by atoms with van der Waals surface area (Å²) in [5, 5.41) is 0. The third-order valence-electron chi connectivity index (χ3n) is 2.90. The molecule has 16 heavy (non-hydrogen) atoms. The Morgan fingerprint density at radius 1 is 1.56 bits per heavy atom. The van der Waals surface area contributed by atoms with E-state index in [1.165, 1.54) is 0 Å². The molecule has 3 nitrogen and oxygen atoms in total. The van der Waals surface area contributed by atoms with Gasteiger partial charge in [-0.05, 0) is 30.5 Å². The molecular weight excluding hydrogens is 224 g/mol. The van der Waals surface area contributed by atoms with Crippen LogP contribution in [0.15, 0.2) is 18.2 Å². The van der Waals surface area contributed by atoms with Crippen molar-refractivity contribution in [1.29, 1.82) is 0 Å². The fourth-order valence-electron chi connectivity index (χ4n) is 2.01. The summed E-state index contributed by atoms with van der Waals surface area (Å²) in [4.78, 5) is 13.6. The first kappa shape index (κ1) is 11.3. The van der Waals surface area contributed by atoms with Gasteiger partial charge in [-0.3, -0.25) is 4.79 Å². The molecule has 0 radical (unpaired) electrons. The van der Waals surface area contributed by atoms with Gasteiger partial charge < -0.3 is 10.6 Å². The number of rotatable bonds is 2. The minimum atomic E-state index is 0.114. The zero-order chi connectivity index (χ0) is 11.7. The van der Waals surface area contributed by atoms with Crippen LogP contribution in [0.1, 0.15) is 12.0 Å². The molecule has 0 aromatic heterocycles. The van der Waals surface area contributed by atoms with Crippen molar-refractivity contribution >= 4 is 28.9 Å². The second-order valence-corrected chi connectivity index (χ2v) is 4.60. The molecule has 4 heteroatoms. The summed E-state index contributed by atoms with van der Waals surface area (Å²) in [5.74, 6) is 0.880. The van der Waals surface area contributed by atoms with Gasteiger partial charge in [0.15, 0.2) is 0 Å². The van der Waals surface area contributed by atoms with E-state index in [0.29, 0.717) is 24.5 Å². The number of carbonyl (C=O) groups excluding carboxylic acids is 1. The van der Waals surface area contributed by atoms with Crippen LogP contribution in [0, 0.1) is 12.8 Å². The Balaban J connectivity index is 2.30. The van der Waals surface area contributed by atoms with Gasteiger partial charge in [-0.15, -0.1) is 11.6 Å². The predicted molar refractivity (Wildman–Crippen MR) is 66.8 cm³/mol. The van der Waals surface area contributed by atoms with E-state index in [1.807, 2.05) is 25.1 Å². The number of hydrogen-bond acceptors (Lipinski definition) is 2. The van der Waals surface area contributed by atoms with Crippen molar-refractivity contribution in [3.63, 3.8) is 0 Å². The standard InChI is InChI=1S/C12H15ClN2O/c1-8-2-3-10(14)11(4-8)15-7-9(6-13)5-12(15)16/h2-4,9H,5-7,14H2,1H3. The maximum atomic E-state index is 11.8. The van der Waals surface area contributed by atoms with Gasteiger partial charge in [-0.2, -0.15) is 0 Å². The highest BCUT2D eigenvalue weighted by atomic mass is 35.5. The van der Waals surface area contributed by atoms with E-state index in [9.17, 15) is 4.79 Å². The third-order valence-corrected chi connectivity index (χ3v) is 3.34. The molecule has 0 bridgehead atoms. The third kappa shape index (κ3) is 2.00. The number of nitrogens with two attached hydrogens (primary N) is 1. The molecule has 86 valence electrons. The van der Waals surface area contributed by atoms with Crippen LogP contribution in [0.2, 0.25) is 0 Å². The van der Waals surface area contributed by atoms with Crippen LogP contribution in [-0.2, 0) is 4.79 Å². The number of aryl methyl sites for hydroxylation is 1. The Morgan fingerprint density at radius 2 is 2.31 bits per heavy atom. The topological polar surface area (TPSA) is 46.3 Å². The lowest BCUT2D eigenvalue weighted by molar-refractivity contribution is -0.117. The number of nitrogen functional groups attached to an aromatic ring is 1. The lowest BCUT2D eigenvalue weighted by Crippen LogP contribution is -2.25. The van der Waals surface area contributed by atoms with Gasteiger partial charge >= 0.3 is 0 Å². The van der Waals surface area contributed by atoms with Crippen molar-refractivity contribution in [2.24, 2.45) is 5.92 Å². The monoisotopic (exact) mass is 238 g/mol. The van der Waals surface area contributed by atoms with Crippen LogP contribution in [0.5, 0.6) is 0 Å². The zero-order valence-electron chi connectivity index (χ0n) is 9.24. The van der Waals surface area contributed by atoms with E-state index >= 15 is 0 Å². The second-order valence-electron chi connectivity index (χ2n) is 4.29. The van der Waals surface area contributed by atoms with Crippen molar-refractivity contribution < 1.29 is 4.79 Å². The summed E-state index contributed by atoms with van der Waals surface area (Å²) in [5.41, 5.74) is 8.46. The number of benzene rings is 1. The highest BCUT2D eigenvalue weighted by Gasteiger charge is 2.30. The van der Waals surface area contributed by atoms with Gasteiger partial charge in [0.05, 0.1) is 11.4 Å².